The molecule has 0 amide bonds. The molecule has 0 saturated carbocycles. The van der Waals surface area contributed by atoms with Crippen LogP contribution in [0.4, 0.5) is 4.39 Å². The highest BCUT2D eigenvalue weighted by molar-refractivity contribution is 5.79. The highest BCUT2D eigenvalue weighted by Crippen LogP contribution is 2.14. The van der Waals surface area contributed by atoms with Crippen molar-refractivity contribution in [3.05, 3.63) is 35.1 Å². The molecule has 1 aromatic rings. The van der Waals surface area contributed by atoms with Crippen molar-refractivity contribution < 1.29 is 4.39 Å². The first-order valence-electron chi connectivity index (χ1n) is 9.52. The molecule has 0 bridgehead atoms. The minimum Gasteiger partial charge on any atom is -0.354 e. The van der Waals surface area contributed by atoms with Gasteiger partial charge in [-0.15, -0.1) is 0 Å². The van der Waals surface area contributed by atoms with Crippen molar-refractivity contribution in [2.75, 3.05) is 34.2 Å². The zero-order valence-electron chi connectivity index (χ0n) is 16.8. The lowest BCUT2D eigenvalue weighted by Crippen LogP contribution is -2.49. The van der Waals surface area contributed by atoms with Crippen molar-refractivity contribution in [3.8, 4) is 0 Å². The molecular formula is C20H34FN5. The predicted molar refractivity (Wildman–Crippen MR) is 107 cm³/mol. The van der Waals surface area contributed by atoms with Gasteiger partial charge in [0.15, 0.2) is 5.96 Å². The third kappa shape index (κ3) is 6.25. The molecule has 1 aliphatic heterocycles. The highest BCUT2D eigenvalue weighted by atomic mass is 19.1. The molecule has 1 aromatic carbocycles. The second kappa shape index (κ2) is 9.88. The molecule has 0 aliphatic carbocycles. The van der Waals surface area contributed by atoms with Crippen LogP contribution in [-0.4, -0.2) is 62.1 Å². The lowest BCUT2D eigenvalue weighted by molar-refractivity contribution is 0.167. The largest absolute Gasteiger partial charge is 0.354 e. The SMILES string of the molecule is CN=C(NCc1ccc(F)c(CN(C)C)c1)NC1CCN(C(C)C)CC1. The van der Waals surface area contributed by atoms with Gasteiger partial charge in [-0.2, -0.15) is 0 Å². The van der Waals surface area contributed by atoms with E-state index in [1.54, 1.807) is 13.1 Å². The van der Waals surface area contributed by atoms with Crippen LogP contribution in [0.2, 0.25) is 0 Å². The van der Waals surface area contributed by atoms with Crippen LogP contribution < -0.4 is 10.6 Å². The summed E-state index contributed by atoms with van der Waals surface area (Å²) in [5, 5.41) is 6.88. The Labute approximate surface area is 157 Å². The van der Waals surface area contributed by atoms with Gasteiger partial charge in [-0.3, -0.25) is 4.99 Å². The number of aliphatic imine (C=N–C) groups is 1. The van der Waals surface area contributed by atoms with Crippen molar-refractivity contribution in [2.24, 2.45) is 4.99 Å². The van der Waals surface area contributed by atoms with Crippen molar-refractivity contribution in [2.45, 2.75) is 51.9 Å². The molecule has 0 aromatic heterocycles. The number of hydrogen-bond acceptors (Lipinski definition) is 3. The first kappa shape index (κ1) is 20.6. The minimum atomic E-state index is -0.151. The third-order valence-corrected chi connectivity index (χ3v) is 4.88. The summed E-state index contributed by atoms with van der Waals surface area (Å²) in [5.41, 5.74) is 1.78. The van der Waals surface area contributed by atoms with E-state index >= 15 is 0 Å². The maximum absolute atomic E-state index is 13.9. The number of likely N-dealkylation sites (tertiary alicyclic amines) is 1. The zero-order valence-corrected chi connectivity index (χ0v) is 16.8. The van der Waals surface area contributed by atoms with Gasteiger partial charge < -0.3 is 20.4 Å². The molecule has 6 heteroatoms. The molecule has 5 nitrogen and oxygen atoms in total. The standard InChI is InChI=1S/C20H34FN5/c1-15(2)26-10-8-18(9-11-26)24-20(22-3)23-13-16-6-7-19(21)17(12-16)14-25(4)5/h6-7,12,15,18H,8-11,13-14H2,1-5H3,(H2,22,23,24). The van der Waals surface area contributed by atoms with E-state index in [9.17, 15) is 4.39 Å². The lowest BCUT2D eigenvalue weighted by Gasteiger charge is -2.35. The van der Waals surface area contributed by atoms with E-state index in [0.717, 1.165) is 43.0 Å². The van der Waals surface area contributed by atoms with Crippen molar-refractivity contribution in [3.63, 3.8) is 0 Å². The Morgan fingerprint density at radius 2 is 2.00 bits per heavy atom. The van der Waals surface area contributed by atoms with Gasteiger partial charge >= 0.3 is 0 Å². The highest BCUT2D eigenvalue weighted by Gasteiger charge is 2.21. The number of rotatable bonds is 6. The number of halogens is 1. The number of hydrogen-bond donors (Lipinski definition) is 2. The Kier molecular flexibility index (Phi) is 7.85. The molecule has 1 saturated heterocycles. The van der Waals surface area contributed by atoms with Gasteiger partial charge in [-0.1, -0.05) is 6.07 Å². The molecule has 0 unspecified atom stereocenters. The van der Waals surface area contributed by atoms with Gasteiger partial charge in [0.25, 0.3) is 0 Å². The molecule has 1 heterocycles. The van der Waals surface area contributed by atoms with Crippen molar-refractivity contribution in [1.29, 1.82) is 0 Å². The molecule has 26 heavy (non-hydrogen) atoms. The van der Waals surface area contributed by atoms with E-state index in [0.29, 0.717) is 25.2 Å². The molecule has 2 rings (SSSR count). The van der Waals surface area contributed by atoms with E-state index < -0.39 is 0 Å². The second-order valence-electron chi connectivity index (χ2n) is 7.64. The fourth-order valence-electron chi connectivity index (χ4n) is 3.33. The fourth-order valence-corrected chi connectivity index (χ4v) is 3.33. The van der Waals surface area contributed by atoms with Crippen LogP contribution in [0, 0.1) is 5.82 Å². The Morgan fingerprint density at radius 1 is 1.31 bits per heavy atom. The summed E-state index contributed by atoms with van der Waals surface area (Å²) < 4.78 is 13.9. The number of nitrogens with zero attached hydrogens (tertiary/aromatic N) is 3. The quantitative estimate of drug-likeness (QED) is 0.602. The van der Waals surface area contributed by atoms with Crippen LogP contribution in [0.1, 0.15) is 37.8 Å². The first-order chi connectivity index (χ1) is 12.4. The van der Waals surface area contributed by atoms with E-state index in [1.165, 1.54) is 0 Å². The zero-order chi connectivity index (χ0) is 19.1. The fraction of sp³-hybridized carbons (Fsp3) is 0.650. The van der Waals surface area contributed by atoms with Gasteiger partial charge in [-0.25, -0.2) is 4.39 Å². The van der Waals surface area contributed by atoms with E-state index in [1.807, 2.05) is 31.1 Å². The average molecular weight is 364 g/mol. The second-order valence-corrected chi connectivity index (χ2v) is 7.64. The average Bonchev–Trinajstić information content (AvgIpc) is 2.61. The third-order valence-electron chi connectivity index (χ3n) is 4.88. The molecule has 146 valence electrons. The van der Waals surface area contributed by atoms with Crippen molar-refractivity contribution >= 4 is 5.96 Å². The number of piperidine rings is 1. The topological polar surface area (TPSA) is 42.9 Å². The van der Waals surface area contributed by atoms with E-state index in [-0.39, 0.29) is 5.82 Å². The molecule has 0 radical (unpaired) electrons. The first-order valence-corrected chi connectivity index (χ1v) is 9.52. The normalized spacial score (nSPS) is 17.2. The van der Waals surface area contributed by atoms with Crippen LogP contribution >= 0.6 is 0 Å². The molecule has 0 spiro atoms. The van der Waals surface area contributed by atoms with Crippen LogP contribution in [-0.2, 0) is 13.1 Å². The molecule has 2 N–H and O–H groups in total. The monoisotopic (exact) mass is 363 g/mol. The van der Waals surface area contributed by atoms with Gasteiger partial charge in [0.2, 0.25) is 0 Å². The van der Waals surface area contributed by atoms with Crippen molar-refractivity contribution in [1.82, 2.24) is 20.4 Å². The molecule has 0 atom stereocenters. The number of benzene rings is 1. The molecule has 1 aliphatic rings. The van der Waals surface area contributed by atoms with E-state index in [2.05, 4.69) is 34.4 Å². The Hall–Kier alpha value is -1.66. The number of guanidine groups is 1. The smallest absolute Gasteiger partial charge is 0.191 e. The summed E-state index contributed by atoms with van der Waals surface area (Å²) >= 11 is 0. The predicted octanol–water partition coefficient (Wildman–Crippen LogP) is 2.43. The maximum atomic E-state index is 13.9. The van der Waals surface area contributed by atoms with Gasteiger partial charge in [-0.05, 0) is 58.5 Å². The van der Waals surface area contributed by atoms with Gasteiger partial charge in [0.05, 0.1) is 0 Å². The van der Waals surface area contributed by atoms with Gasteiger partial charge in [0, 0.05) is 50.9 Å². The van der Waals surface area contributed by atoms with Crippen LogP contribution in [0.25, 0.3) is 0 Å². The Bertz CT molecular complexity index is 592. The summed E-state index contributed by atoms with van der Waals surface area (Å²) in [5.74, 6) is 0.661. The summed E-state index contributed by atoms with van der Waals surface area (Å²) in [6, 6.07) is 6.37. The summed E-state index contributed by atoms with van der Waals surface area (Å²) in [6.07, 6.45) is 2.25. The Balaban J connectivity index is 1.86. The molecule has 1 fully saturated rings. The van der Waals surface area contributed by atoms with Gasteiger partial charge in [0.1, 0.15) is 5.82 Å². The summed E-state index contributed by atoms with van der Waals surface area (Å²) in [6.45, 7) is 7.98. The van der Waals surface area contributed by atoms with Crippen LogP contribution in [0.5, 0.6) is 0 Å². The lowest BCUT2D eigenvalue weighted by atomic mass is 10.0. The summed E-state index contributed by atoms with van der Waals surface area (Å²) in [4.78, 5) is 8.82. The minimum absolute atomic E-state index is 0.151. The molecular weight excluding hydrogens is 329 g/mol. The maximum Gasteiger partial charge on any atom is 0.191 e. The summed E-state index contributed by atoms with van der Waals surface area (Å²) in [7, 11) is 5.68. The van der Waals surface area contributed by atoms with E-state index in [4.69, 9.17) is 0 Å². The number of nitrogens with one attached hydrogen (secondary N) is 2. The van der Waals surface area contributed by atoms with Crippen LogP contribution in [0.15, 0.2) is 23.2 Å². The Morgan fingerprint density at radius 3 is 2.58 bits per heavy atom. The van der Waals surface area contributed by atoms with Crippen LogP contribution in [0.3, 0.4) is 0 Å².